The lowest BCUT2D eigenvalue weighted by molar-refractivity contribution is 0.0992. The Kier molecular flexibility index (Phi) is 5.33. The second kappa shape index (κ2) is 7.44. The van der Waals surface area contributed by atoms with Crippen LogP contribution < -0.4 is 4.74 Å². The minimum absolute atomic E-state index is 0.0898. The highest BCUT2D eigenvalue weighted by molar-refractivity contribution is 5.97. The maximum absolute atomic E-state index is 12.1. The Morgan fingerprint density at radius 2 is 1.86 bits per heavy atom. The number of allylic oxidation sites excluding steroid dienone is 1. The number of Topliss-reactive ketones (excluding diaryl/α,β-unsaturated/α-hetero) is 1. The number of ketones is 1. The van der Waals surface area contributed by atoms with E-state index < -0.39 is 0 Å². The minimum atomic E-state index is 0.0898. The molecule has 0 amide bonds. The van der Waals surface area contributed by atoms with Crippen LogP contribution in [-0.4, -0.2) is 5.78 Å². The van der Waals surface area contributed by atoms with Crippen LogP contribution >= 0.6 is 0 Å². The van der Waals surface area contributed by atoms with Gasteiger partial charge in [-0.25, -0.2) is 0 Å². The van der Waals surface area contributed by atoms with Gasteiger partial charge in [-0.05, 0) is 24.1 Å². The van der Waals surface area contributed by atoms with Crippen LogP contribution in [-0.2, 0) is 6.61 Å². The van der Waals surface area contributed by atoms with Crippen molar-refractivity contribution in [1.82, 2.24) is 0 Å². The second-order valence-electron chi connectivity index (χ2n) is 5.01. The van der Waals surface area contributed by atoms with Crippen LogP contribution in [0.3, 0.4) is 0 Å². The SMILES string of the molecule is C=C(CC)CC(=O)c1cccc(OCc2ccccc2)c1. The lowest BCUT2D eigenvalue weighted by Crippen LogP contribution is -2.01. The first-order chi connectivity index (χ1) is 10.2. The fourth-order valence-electron chi connectivity index (χ4n) is 1.95. The van der Waals surface area contributed by atoms with Gasteiger partial charge in [0.1, 0.15) is 12.4 Å². The van der Waals surface area contributed by atoms with E-state index in [2.05, 4.69) is 6.58 Å². The van der Waals surface area contributed by atoms with Crippen molar-refractivity contribution in [2.24, 2.45) is 0 Å². The van der Waals surface area contributed by atoms with Gasteiger partial charge in [-0.15, -0.1) is 0 Å². The zero-order chi connectivity index (χ0) is 15.1. The van der Waals surface area contributed by atoms with Gasteiger partial charge in [-0.3, -0.25) is 4.79 Å². The summed E-state index contributed by atoms with van der Waals surface area (Å²) in [6, 6.07) is 17.3. The van der Waals surface area contributed by atoms with E-state index >= 15 is 0 Å². The summed E-state index contributed by atoms with van der Waals surface area (Å²) in [4.78, 5) is 12.1. The Hall–Kier alpha value is -2.35. The number of benzene rings is 2. The van der Waals surface area contributed by atoms with Gasteiger partial charge in [0.2, 0.25) is 0 Å². The largest absolute Gasteiger partial charge is 0.489 e. The van der Waals surface area contributed by atoms with E-state index in [9.17, 15) is 4.79 Å². The van der Waals surface area contributed by atoms with Gasteiger partial charge in [0, 0.05) is 12.0 Å². The van der Waals surface area contributed by atoms with Crippen LogP contribution in [0.1, 0.15) is 35.7 Å². The molecule has 0 atom stereocenters. The highest BCUT2D eigenvalue weighted by Gasteiger charge is 2.08. The van der Waals surface area contributed by atoms with Gasteiger partial charge >= 0.3 is 0 Å². The van der Waals surface area contributed by atoms with Gasteiger partial charge in [0.05, 0.1) is 0 Å². The Bertz CT molecular complexity index is 614. The molecule has 0 radical (unpaired) electrons. The van der Waals surface area contributed by atoms with Gasteiger partial charge in [0.15, 0.2) is 5.78 Å². The van der Waals surface area contributed by atoms with Crippen molar-refractivity contribution < 1.29 is 9.53 Å². The molecule has 0 aromatic heterocycles. The lowest BCUT2D eigenvalue weighted by Gasteiger charge is -2.08. The van der Waals surface area contributed by atoms with Crippen molar-refractivity contribution >= 4 is 5.78 Å². The number of rotatable bonds is 7. The molecule has 0 saturated carbocycles. The maximum Gasteiger partial charge on any atom is 0.167 e. The molecule has 0 heterocycles. The minimum Gasteiger partial charge on any atom is -0.489 e. The Morgan fingerprint density at radius 3 is 2.57 bits per heavy atom. The number of hydrogen-bond acceptors (Lipinski definition) is 2. The number of carbonyl (C=O) groups excluding carboxylic acids is 1. The molecule has 0 fully saturated rings. The standard InChI is InChI=1S/C19H20O2/c1-3-15(2)12-19(20)17-10-7-11-18(13-17)21-14-16-8-5-4-6-9-16/h4-11,13H,2-3,12,14H2,1H3. The molecular formula is C19H20O2. The predicted octanol–water partition coefficient (Wildman–Crippen LogP) is 4.80. The fourth-order valence-corrected chi connectivity index (χ4v) is 1.95. The molecule has 0 bridgehead atoms. The number of hydrogen-bond donors (Lipinski definition) is 0. The van der Waals surface area contributed by atoms with E-state index in [-0.39, 0.29) is 5.78 Å². The topological polar surface area (TPSA) is 26.3 Å². The highest BCUT2D eigenvalue weighted by atomic mass is 16.5. The van der Waals surface area contributed by atoms with Crippen molar-refractivity contribution in [2.75, 3.05) is 0 Å². The highest BCUT2D eigenvalue weighted by Crippen LogP contribution is 2.18. The van der Waals surface area contributed by atoms with Gasteiger partial charge in [-0.2, -0.15) is 0 Å². The number of carbonyl (C=O) groups is 1. The molecule has 0 aliphatic rings. The van der Waals surface area contributed by atoms with Crippen molar-refractivity contribution in [2.45, 2.75) is 26.4 Å². The quantitative estimate of drug-likeness (QED) is 0.537. The molecule has 0 spiro atoms. The molecule has 2 nitrogen and oxygen atoms in total. The molecule has 2 aromatic rings. The van der Waals surface area contributed by atoms with Crippen LogP contribution in [0.15, 0.2) is 66.7 Å². The van der Waals surface area contributed by atoms with Crippen LogP contribution in [0.5, 0.6) is 5.75 Å². The Morgan fingerprint density at radius 1 is 1.10 bits per heavy atom. The summed E-state index contributed by atoms with van der Waals surface area (Å²) in [6.07, 6.45) is 1.23. The summed E-state index contributed by atoms with van der Waals surface area (Å²) in [7, 11) is 0. The molecule has 0 saturated heterocycles. The van der Waals surface area contributed by atoms with Crippen LogP contribution in [0.25, 0.3) is 0 Å². The Labute approximate surface area is 126 Å². The number of ether oxygens (including phenoxy) is 1. The molecule has 21 heavy (non-hydrogen) atoms. The lowest BCUT2D eigenvalue weighted by atomic mass is 10.0. The van der Waals surface area contributed by atoms with Crippen molar-refractivity contribution in [3.05, 3.63) is 77.9 Å². The summed E-state index contributed by atoms with van der Waals surface area (Å²) in [6.45, 7) is 6.39. The average Bonchev–Trinajstić information content (AvgIpc) is 2.54. The first kappa shape index (κ1) is 15.0. The van der Waals surface area contributed by atoms with E-state index in [1.807, 2.05) is 55.5 Å². The molecular weight excluding hydrogens is 260 g/mol. The molecule has 2 rings (SSSR count). The third kappa shape index (κ3) is 4.60. The summed E-state index contributed by atoms with van der Waals surface area (Å²) in [5, 5.41) is 0. The zero-order valence-corrected chi connectivity index (χ0v) is 12.3. The van der Waals surface area contributed by atoms with Crippen LogP contribution in [0, 0.1) is 0 Å². The molecule has 0 aliphatic carbocycles. The zero-order valence-electron chi connectivity index (χ0n) is 12.3. The van der Waals surface area contributed by atoms with E-state index in [0.717, 1.165) is 17.6 Å². The van der Waals surface area contributed by atoms with E-state index in [4.69, 9.17) is 4.74 Å². The Balaban J connectivity index is 2.00. The third-order valence-corrected chi connectivity index (χ3v) is 3.31. The predicted molar refractivity (Wildman–Crippen MR) is 85.6 cm³/mol. The normalized spacial score (nSPS) is 10.1. The van der Waals surface area contributed by atoms with Crippen molar-refractivity contribution in [3.8, 4) is 5.75 Å². The second-order valence-corrected chi connectivity index (χ2v) is 5.01. The maximum atomic E-state index is 12.1. The summed E-state index contributed by atoms with van der Waals surface area (Å²) < 4.78 is 5.74. The van der Waals surface area contributed by atoms with Crippen molar-refractivity contribution in [1.29, 1.82) is 0 Å². The summed E-state index contributed by atoms with van der Waals surface area (Å²) in [5.41, 5.74) is 2.74. The molecule has 0 aliphatic heterocycles. The third-order valence-electron chi connectivity index (χ3n) is 3.31. The average molecular weight is 280 g/mol. The molecule has 2 aromatic carbocycles. The summed E-state index contributed by atoms with van der Waals surface area (Å²) in [5.74, 6) is 0.804. The first-order valence-corrected chi connectivity index (χ1v) is 7.15. The molecule has 0 unspecified atom stereocenters. The monoisotopic (exact) mass is 280 g/mol. The van der Waals surface area contributed by atoms with Gasteiger partial charge in [0.25, 0.3) is 0 Å². The molecule has 2 heteroatoms. The molecule has 0 N–H and O–H groups in total. The van der Waals surface area contributed by atoms with E-state index in [1.54, 1.807) is 6.07 Å². The first-order valence-electron chi connectivity index (χ1n) is 7.15. The smallest absolute Gasteiger partial charge is 0.167 e. The van der Waals surface area contributed by atoms with Crippen molar-refractivity contribution in [3.63, 3.8) is 0 Å². The van der Waals surface area contributed by atoms with Gasteiger partial charge in [-0.1, -0.05) is 61.5 Å². The van der Waals surface area contributed by atoms with E-state index in [1.165, 1.54) is 0 Å². The van der Waals surface area contributed by atoms with E-state index in [0.29, 0.717) is 24.3 Å². The van der Waals surface area contributed by atoms with Gasteiger partial charge < -0.3 is 4.74 Å². The fraction of sp³-hybridized carbons (Fsp3) is 0.211. The summed E-state index contributed by atoms with van der Waals surface area (Å²) >= 11 is 0. The molecule has 108 valence electrons. The van der Waals surface area contributed by atoms with Crippen LogP contribution in [0.4, 0.5) is 0 Å². The van der Waals surface area contributed by atoms with Crippen LogP contribution in [0.2, 0.25) is 0 Å².